The number of carbonyl (C=O) groups is 1. The Kier molecular flexibility index (Phi) is 6.05. The topological polar surface area (TPSA) is 42.4 Å². The first kappa shape index (κ1) is 19.8. The van der Waals surface area contributed by atoms with Crippen molar-refractivity contribution in [3.8, 4) is 5.88 Å². The maximum atomic E-state index is 12.7. The molecule has 2 aromatic carbocycles. The molecule has 1 aromatic heterocycles. The molecule has 1 aliphatic heterocycles. The van der Waals surface area contributed by atoms with E-state index in [1.165, 1.54) is 4.90 Å². The van der Waals surface area contributed by atoms with Gasteiger partial charge < -0.3 is 9.64 Å². The van der Waals surface area contributed by atoms with Crippen molar-refractivity contribution >= 4 is 28.6 Å². The number of aromatic nitrogens is 1. The average Bonchev–Trinajstić information content (AvgIpc) is 3.18. The van der Waals surface area contributed by atoms with Gasteiger partial charge in [0.25, 0.3) is 0 Å². The van der Waals surface area contributed by atoms with Crippen LogP contribution in [0.1, 0.15) is 25.8 Å². The maximum Gasteiger partial charge on any atom is 0.227 e. The number of fused-ring (bicyclic) bond motifs is 1. The first-order chi connectivity index (χ1) is 14.1. The fourth-order valence-electron chi connectivity index (χ4n) is 3.58. The van der Waals surface area contributed by atoms with E-state index in [4.69, 9.17) is 4.74 Å². The van der Waals surface area contributed by atoms with Crippen molar-refractivity contribution in [3.63, 3.8) is 0 Å². The van der Waals surface area contributed by atoms with E-state index >= 15 is 0 Å². The maximum absolute atomic E-state index is 12.7. The number of para-hydroxylation sites is 1. The Bertz CT molecular complexity index is 988. The zero-order valence-electron chi connectivity index (χ0n) is 16.9. The summed E-state index contributed by atoms with van der Waals surface area (Å²) in [6.07, 6.45) is 1.27. The van der Waals surface area contributed by atoms with Gasteiger partial charge in [-0.05, 0) is 29.8 Å². The highest BCUT2D eigenvalue weighted by Gasteiger charge is 2.27. The highest BCUT2D eigenvalue weighted by molar-refractivity contribution is 7.99. The largest absolute Gasteiger partial charge is 0.472 e. The van der Waals surface area contributed by atoms with E-state index in [1.807, 2.05) is 53.1 Å². The number of likely N-dealkylation sites (tertiary alicyclic amines) is 1. The van der Waals surface area contributed by atoms with Gasteiger partial charge in [-0.3, -0.25) is 4.79 Å². The van der Waals surface area contributed by atoms with Crippen molar-refractivity contribution in [2.75, 3.05) is 13.1 Å². The molecule has 2 heterocycles. The van der Waals surface area contributed by atoms with Crippen molar-refractivity contribution in [1.29, 1.82) is 0 Å². The molecule has 0 spiro atoms. The third-order valence-electron chi connectivity index (χ3n) is 5.01. The molecule has 0 radical (unpaired) electrons. The molecule has 1 fully saturated rings. The molecule has 29 heavy (non-hydrogen) atoms. The predicted octanol–water partition coefficient (Wildman–Crippen LogP) is 4.96. The van der Waals surface area contributed by atoms with Gasteiger partial charge >= 0.3 is 0 Å². The number of amides is 1. The molecular weight excluding hydrogens is 380 g/mol. The second kappa shape index (κ2) is 8.87. The lowest BCUT2D eigenvalue weighted by Gasteiger charge is -2.17. The molecule has 5 heteroatoms. The smallest absolute Gasteiger partial charge is 0.227 e. The van der Waals surface area contributed by atoms with E-state index in [9.17, 15) is 4.79 Å². The van der Waals surface area contributed by atoms with Gasteiger partial charge in [0.15, 0.2) is 0 Å². The summed E-state index contributed by atoms with van der Waals surface area (Å²) in [5, 5.41) is 1.65. The molecule has 4 nitrogen and oxygen atoms in total. The Balaban J connectivity index is 1.32. The highest BCUT2D eigenvalue weighted by atomic mass is 32.2. The fraction of sp³-hybridized carbons (Fsp3) is 0.333. The Hall–Kier alpha value is -2.53. The van der Waals surface area contributed by atoms with Crippen molar-refractivity contribution in [2.45, 2.75) is 42.9 Å². The molecule has 1 saturated heterocycles. The van der Waals surface area contributed by atoms with Crippen LogP contribution in [-0.4, -0.2) is 40.2 Å². The third kappa shape index (κ3) is 5.10. The van der Waals surface area contributed by atoms with Crippen molar-refractivity contribution in [2.24, 2.45) is 0 Å². The lowest BCUT2D eigenvalue weighted by molar-refractivity contribution is -0.129. The lowest BCUT2D eigenvalue weighted by atomic mass is 10.1. The number of pyridine rings is 1. The Morgan fingerprint density at radius 3 is 2.72 bits per heavy atom. The van der Waals surface area contributed by atoms with E-state index in [0.717, 1.165) is 29.4 Å². The summed E-state index contributed by atoms with van der Waals surface area (Å²) < 4.78 is 6.06. The summed E-state index contributed by atoms with van der Waals surface area (Å²) in [5.41, 5.74) is 1.98. The van der Waals surface area contributed by atoms with Gasteiger partial charge in [0.1, 0.15) is 6.10 Å². The summed E-state index contributed by atoms with van der Waals surface area (Å²) in [4.78, 5) is 20.4. The van der Waals surface area contributed by atoms with Crippen LogP contribution < -0.4 is 4.74 Å². The molecule has 1 amide bonds. The Morgan fingerprint density at radius 1 is 1.14 bits per heavy atom. The number of carbonyl (C=O) groups excluding carboxylic acids is 1. The monoisotopic (exact) mass is 406 g/mol. The van der Waals surface area contributed by atoms with E-state index in [1.54, 1.807) is 0 Å². The third-order valence-corrected chi connectivity index (χ3v) is 6.02. The number of benzene rings is 2. The number of ether oxygens (including phenoxy) is 1. The molecule has 1 atom stereocenters. The normalized spacial score (nSPS) is 16.5. The molecule has 1 unspecified atom stereocenters. The Morgan fingerprint density at radius 2 is 1.93 bits per heavy atom. The van der Waals surface area contributed by atoms with Gasteiger partial charge in [-0.15, -0.1) is 11.8 Å². The van der Waals surface area contributed by atoms with Gasteiger partial charge in [0.05, 0.1) is 18.5 Å². The van der Waals surface area contributed by atoms with Gasteiger partial charge in [0, 0.05) is 34.6 Å². The number of nitrogens with zero attached hydrogens (tertiary/aromatic N) is 2. The number of hydrogen-bond donors (Lipinski definition) is 0. The molecule has 0 bridgehead atoms. The van der Waals surface area contributed by atoms with Crippen LogP contribution in [0.2, 0.25) is 0 Å². The van der Waals surface area contributed by atoms with E-state index in [0.29, 0.717) is 24.1 Å². The molecule has 150 valence electrons. The van der Waals surface area contributed by atoms with E-state index < -0.39 is 0 Å². The van der Waals surface area contributed by atoms with Crippen LogP contribution in [0.25, 0.3) is 10.9 Å². The van der Waals surface area contributed by atoms with Crippen LogP contribution >= 0.6 is 11.8 Å². The summed E-state index contributed by atoms with van der Waals surface area (Å²) in [7, 11) is 0. The SMILES string of the molecule is CC(C)Sc1ccc(CC(=O)N2CCC(Oc3ccc4ccccc4n3)C2)cc1. The molecule has 4 rings (SSSR count). The first-order valence-electron chi connectivity index (χ1n) is 10.1. The van der Waals surface area contributed by atoms with Gasteiger partial charge in [0.2, 0.25) is 11.8 Å². The first-order valence-corrected chi connectivity index (χ1v) is 11.0. The van der Waals surface area contributed by atoms with Crippen LogP contribution in [-0.2, 0) is 11.2 Å². The van der Waals surface area contributed by atoms with E-state index in [2.05, 4.69) is 43.1 Å². The minimum Gasteiger partial charge on any atom is -0.472 e. The van der Waals surface area contributed by atoms with Crippen LogP contribution in [0.4, 0.5) is 0 Å². The molecule has 1 aliphatic rings. The second-order valence-electron chi connectivity index (χ2n) is 7.70. The number of rotatable bonds is 6. The van der Waals surface area contributed by atoms with Gasteiger partial charge in [-0.2, -0.15) is 0 Å². The molecule has 0 N–H and O–H groups in total. The molecule has 3 aromatic rings. The van der Waals surface area contributed by atoms with Crippen molar-refractivity contribution in [1.82, 2.24) is 9.88 Å². The fourth-order valence-corrected chi connectivity index (χ4v) is 4.42. The van der Waals surface area contributed by atoms with Crippen LogP contribution in [0.3, 0.4) is 0 Å². The van der Waals surface area contributed by atoms with Crippen molar-refractivity contribution in [3.05, 3.63) is 66.2 Å². The average molecular weight is 407 g/mol. The van der Waals surface area contributed by atoms with Gasteiger partial charge in [-0.25, -0.2) is 4.98 Å². The summed E-state index contributed by atoms with van der Waals surface area (Å²) in [5.74, 6) is 0.785. The summed E-state index contributed by atoms with van der Waals surface area (Å²) >= 11 is 1.84. The van der Waals surface area contributed by atoms with Crippen LogP contribution in [0.5, 0.6) is 5.88 Å². The standard InChI is InChI=1S/C24H26N2O2S/c1-17(2)29-21-10-7-18(8-11-21)15-24(27)26-14-13-20(16-26)28-23-12-9-19-5-3-4-6-22(19)25-23/h3-12,17,20H,13-16H2,1-2H3. The quantitative estimate of drug-likeness (QED) is 0.543. The van der Waals surface area contributed by atoms with E-state index in [-0.39, 0.29) is 12.0 Å². The Labute approximate surface area is 176 Å². The predicted molar refractivity (Wildman–Crippen MR) is 118 cm³/mol. The zero-order chi connectivity index (χ0) is 20.2. The summed E-state index contributed by atoms with van der Waals surface area (Å²) in [6, 6.07) is 20.3. The van der Waals surface area contributed by atoms with Crippen molar-refractivity contribution < 1.29 is 9.53 Å². The number of hydrogen-bond acceptors (Lipinski definition) is 4. The second-order valence-corrected chi connectivity index (χ2v) is 9.35. The molecule has 0 aliphatic carbocycles. The van der Waals surface area contributed by atoms with Gasteiger partial charge in [-0.1, -0.05) is 44.2 Å². The highest BCUT2D eigenvalue weighted by Crippen LogP contribution is 2.24. The minimum atomic E-state index is -0.00238. The number of thioether (sulfide) groups is 1. The lowest BCUT2D eigenvalue weighted by Crippen LogP contribution is -2.32. The summed E-state index contributed by atoms with van der Waals surface area (Å²) in [6.45, 7) is 5.72. The zero-order valence-corrected chi connectivity index (χ0v) is 17.7. The minimum absolute atomic E-state index is 0.00238. The van der Waals surface area contributed by atoms with Crippen LogP contribution in [0, 0.1) is 0 Å². The van der Waals surface area contributed by atoms with Crippen LogP contribution in [0.15, 0.2) is 65.6 Å². The molecular formula is C24H26N2O2S. The molecule has 0 saturated carbocycles.